The van der Waals surface area contributed by atoms with Crippen LogP contribution in [0.15, 0.2) is 66.1 Å². The van der Waals surface area contributed by atoms with Gasteiger partial charge in [-0.2, -0.15) is 0 Å². The molecule has 0 radical (unpaired) electrons. The van der Waals surface area contributed by atoms with Gasteiger partial charge < -0.3 is 5.32 Å². The van der Waals surface area contributed by atoms with E-state index in [0.717, 1.165) is 5.69 Å². The number of anilines is 1. The van der Waals surface area contributed by atoms with Crippen molar-refractivity contribution in [3.8, 4) is 5.69 Å². The third-order valence-corrected chi connectivity index (χ3v) is 4.60. The van der Waals surface area contributed by atoms with Gasteiger partial charge in [-0.25, -0.2) is 9.67 Å². The van der Waals surface area contributed by atoms with E-state index < -0.39 is 0 Å². The van der Waals surface area contributed by atoms with E-state index in [9.17, 15) is 9.59 Å². The Morgan fingerprint density at radius 2 is 1.77 bits per heavy atom. The van der Waals surface area contributed by atoms with Gasteiger partial charge in [0.15, 0.2) is 5.78 Å². The number of thioether (sulfide) groups is 1. The van der Waals surface area contributed by atoms with Crippen molar-refractivity contribution in [2.45, 2.75) is 24.3 Å². The van der Waals surface area contributed by atoms with Crippen molar-refractivity contribution < 1.29 is 9.59 Å². The molecular formula is C19H18N4O2S. The second-order valence-electron chi connectivity index (χ2n) is 5.69. The second-order valence-corrected chi connectivity index (χ2v) is 7.00. The summed E-state index contributed by atoms with van der Waals surface area (Å²) in [7, 11) is 0. The highest BCUT2D eigenvalue weighted by atomic mass is 32.2. The van der Waals surface area contributed by atoms with E-state index in [0.29, 0.717) is 16.4 Å². The molecule has 26 heavy (non-hydrogen) atoms. The number of ketones is 1. The zero-order chi connectivity index (χ0) is 18.5. The molecule has 7 heteroatoms. The summed E-state index contributed by atoms with van der Waals surface area (Å²) >= 11 is 1.31. The number of hydrogen-bond acceptors (Lipinski definition) is 5. The molecule has 0 bridgehead atoms. The number of amides is 1. The third kappa shape index (κ3) is 4.37. The summed E-state index contributed by atoms with van der Waals surface area (Å²) in [6.45, 7) is 3.28. The van der Waals surface area contributed by atoms with Crippen molar-refractivity contribution in [3.05, 3.63) is 66.5 Å². The van der Waals surface area contributed by atoms with Gasteiger partial charge in [0.2, 0.25) is 11.1 Å². The number of Topliss-reactive ketones (excluding diaryl/α,β-unsaturated/α-hetero) is 1. The number of nitrogens with zero attached hydrogens (tertiary/aromatic N) is 3. The van der Waals surface area contributed by atoms with Crippen molar-refractivity contribution in [1.29, 1.82) is 0 Å². The fourth-order valence-corrected chi connectivity index (χ4v) is 3.18. The highest BCUT2D eigenvalue weighted by molar-refractivity contribution is 8.00. The van der Waals surface area contributed by atoms with E-state index in [1.165, 1.54) is 18.7 Å². The van der Waals surface area contributed by atoms with Crippen LogP contribution in [0.4, 0.5) is 5.69 Å². The summed E-state index contributed by atoms with van der Waals surface area (Å²) in [5.41, 5.74) is 2.17. The first-order chi connectivity index (χ1) is 12.5. The van der Waals surface area contributed by atoms with Gasteiger partial charge in [0.05, 0.1) is 10.9 Å². The molecule has 1 N–H and O–H groups in total. The van der Waals surface area contributed by atoms with Gasteiger partial charge in [-0.3, -0.25) is 9.59 Å². The average Bonchev–Trinajstić information content (AvgIpc) is 3.10. The molecule has 6 nitrogen and oxygen atoms in total. The lowest BCUT2D eigenvalue weighted by molar-refractivity contribution is -0.114. The Kier molecular flexibility index (Phi) is 5.48. The number of benzene rings is 2. The first-order valence-electron chi connectivity index (χ1n) is 8.08. The predicted octanol–water partition coefficient (Wildman–Crippen LogP) is 3.59. The van der Waals surface area contributed by atoms with Crippen LogP contribution < -0.4 is 5.32 Å². The van der Waals surface area contributed by atoms with E-state index in [1.54, 1.807) is 35.3 Å². The largest absolute Gasteiger partial charge is 0.326 e. The van der Waals surface area contributed by atoms with Crippen molar-refractivity contribution in [2.75, 3.05) is 5.32 Å². The lowest BCUT2D eigenvalue weighted by atomic mass is 10.1. The van der Waals surface area contributed by atoms with Gasteiger partial charge in [-0.15, -0.1) is 5.10 Å². The smallest absolute Gasteiger partial charge is 0.221 e. The highest BCUT2D eigenvalue weighted by Gasteiger charge is 2.18. The molecular weight excluding hydrogens is 348 g/mol. The van der Waals surface area contributed by atoms with E-state index >= 15 is 0 Å². The predicted molar refractivity (Wildman–Crippen MR) is 102 cm³/mol. The van der Waals surface area contributed by atoms with E-state index in [1.807, 2.05) is 37.3 Å². The maximum atomic E-state index is 12.6. The molecule has 0 spiro atoms. The summed E-state index contributed by atoms with van der Waals surface area (Å²) in [5, 5.41) is 7.31. The number of carbonyl (C=O) groups excluding carboxylic acids is 2. The zero-order valence-corrected chi connectivity index (χ0v) is 15.2. The molecule has 0 saturated carbocycles. The van der Waals surface area contributed by atoms with Crippen LogP contribution in [0.1, 0.15) is 24.2 Å². The Labute approximate surface area is 155 Å². The molecule has 1 heterocycles. The van der Waals surface area contributed by atoms with Crippen LogP contribution in [-0.2, 0) is 4.79 Å². The fraction of sp³-hybridized carbons (Fsp3) is 0.158. The normalized spacial score (nSPS) is 11.8. The topological polar surface area (TPSA) is 76.9 Å². The van der Waals surface area contributed by atoms with Crippen molar-refractivity contribution >= 4 is 29.1 Å². The Morgan fingerprint density at radius 1 is 1.08 bits per heavy atom. The monoisotopic (exact) mass is 366 g/mol. The molecule has 0 saturated heterocycles. The first-order valence-corrected chi connectivity index (χ1v) is 8.96. The minimum Gasteiger partial charge on any atom is -0.326 e. The molecule has 0 aliphatic carbocycles. The maximum absolute atomic E-state index is 12.6. The summed E-state index contributed by atoms with van der Waals surface area (Å²) in [6, 6.07) is 16.5. The molecule has 1 atom stereocenters. The van der Waals surface area contributed by atoms with Crippen LogP contribution >= 0.6 is 11.8 Å². The SMILES string of the molecule is CC(=O)Nc1ccc(C(=O)C(C)Sc2ncn(-c3ccccc3)n2)cc1. The summed E-state index contributed by atoms with van der Waals surface area (Å²) < 4.78 is 1.68. The van der Waals surface area contributed by atoms with E-state index in [4.69, 9.17) is 0 Å². The zero-order valence-electron chi connectivity index (χ0n) is 14.4. The molecule has 1 aromatic heterocycles. The number of hydrogen-bond donors (Lipinski definition) is 1. The molecule has 1 unspecified atom stereocenters. The number of nitrogens with one attached hydrogen (secondary N) is 1. The van der Waals surface area contributed by atoms with Crippen LogP contribution in [0.25, 0.3) is 5.69 Å². The van der Waals surface area contributed by atoms with Gasteiger partial charge in [0, 0.05) is 18.2 Å². The first kappa shape index (κ1) is 17.9. The molecule has 132 valence electrons. The fourth-order valence-electron chi connectivity index (χ4n) is 2.37. The van der Waals surface area contributed by atoms with Crippen LogP contribution in [0.2, 0.25) is 0 Å². The lowest BCUT2D eigenvalue weighted by Gasteiger charge is -2.09. The molecule has 1 amide bonds. The molecule has 0 aliphatic heterocycles. The number of carbonyl (C=O) groups is 2. The lowest BCUT2D eigenvalue weighted by Crippen LogP contribution is -2.14. The van der Waals surface area contributed by atoms with Crippen LogP contribution in [0.5, 0.6) is 0 Å². The quantitative estimate of drug-likeness (QED) is 0.533. The van der Waals surface area contributed by atoms with Gasteiger partial charge in [0.25, 0.3) is 0 Å². The van der Waals surface area contributed by atoms with Crippen LogP contribution in [0.3, 0.4) is 0 Å². The summed E-state index contributed by atoms with van der Waals surface area (Å²) in [5.74, 6) is -0.159. The van der Waals surface area contributed by atoms with Crippen molar-refractivity contribution in [2.24, 2.45) is 0 Å². The number of para-hydroxylation sites is 1. The Bertz CT molecular complexity index is 907. The second kappa shape index (κ2) is 7.97. The highest BCUT2D eigenvalue weighted by Crippen LogP contribution is 2.23. The molecule has 0 fully saturated rings. The van der Waals surface area contributed by atoms with Gasteiger partial charge in [0.1, 0.15) is 6.33 Å². The van der Waals surface area contributed by atoms with Crippen LogP contribution in [-0.4, -0.2) is 31.7 Å². The Balaban J connectivity index is 1.66. The summed E-state index contributed by atoms with van der Waals surface area (Å²) in [4.78, 5) is 27.9. The van der Waals surface area contributed by atoms with Gasteiger partial charge >= 0.3 is 0 Å². The molecule has 2 aromatic carbocycles. The average molecular weight is 366 g/mol. The van der Waals surface area contributed by atoms with E-state index in [2.05, 4.69) is 15.4 Å². The van der Waals surface area contributed by atoms with Gasteiger partial charge in [-0.1, -0.05) is 30.0 Å². The number of aromatic nitrogens is 3. The molecule has 0 aliphatic rings. The van der Waals surface area contributed by atoms with Crippen molar-refractivity contribution in [3.63, 3.8) is 0 Å². The minimum atomic E-state index is -0.326. The summed E-state index contributed by atoms with van der Waals surface area (Å²) in [6.07, 6.45) is 1.64. The third-order valence-electron chi connectivity index (χ3n) is 3.63. The Hall–Kier alpha value is -2.93. The Morgan fingerprint density at radius 3 is 2.42 bits per heavy atom. The van der Waals surface area contributed by atoms with E-state index in [-0.39, 0.29) is 16.9 Å². The molecule has 3 aromatic rings. The number of rotatable bonds is 6. The van der Waals surface area contributed by atoms with Crippen molar-refractivity contribution in [1.82, 2.24) is 14.8 Å². The van der Waals surface area contributed by atoms with Gasteiger partial charge in [-0.05, 0) is 43.3 Å². The minimum absolute atomic E-state index is 0.0135. The molecule has 3 rings (SSSR count). The standard InChI is InChI=1S/C19H18N4O2S/c1-13(18(25)15-8-10-16(11-9-15)21-14(2)24)26-19-20-12-23(22-19)17-6-4-3-5-7-17/h3-13H,1-2H3,(H,21,24). The van der Waals surface area contributed by atoms with Crippen LogP contribution in [0, 0.1) is 0 Å². The maximum Gasteiger partial charge on any atom is 0.221 e.